The molecule has 0 saturated carbocycles. The molecule has 2 aromatic heterocycles. The molecule has 0 aliphatic rings. The van der Waals surface area contributed by atoms with Crippen LogP contribution in [-0.4, -0.2) is 19.3 Å². The number of aromatic nitrogens is 4. The summed E-state index contributed by atoms with van der Waals surface area (Å²) in [5.41, 5.74) is 7.97. The predicted octanol–water partition coefficient (Wildman–Crippen LogP) is 2.36. The van der Waals surface area contributed by atoms with Crippen LogP contribution in [0.5, 0.6) is 0 Å². The smallest absolute Gasteiger partial charge is 0.136 e. The zero-order valence-corrected chi connectivity index (χ0v) is 11.8. The van der Waals surface area contributed by atoms with Gasteiger partial charge in [-0.2, -0.15) is 5.10 Å². The monoisotopic (exact) mass is 297 g/mol. The van der Waals surface area contributed by atoms with Gasteiger partial charge < -0.3 is 10.3 Å². The first-order valence-corrected chi connectivity index (χ1v) is 6.29. The molecule has 5 nitrogen and oxygen atoms in total. The molecule has 2 heterocycles. The van der Waals surface area contributed by atoms with Crippen molar-refractivity contribution in [3.63, 3.8) is 0 Å². The largest absolute Gasteiger partial charge is 0.383 e. The summed E-state index contributed by atoms with van der Waals surface area (Å²) in [5, 5.41) is 4.39. The Labute approximate surface area is 109 Å². The van der Waals surface area contributed by atoms with Gasteiger partial charge in [-0.3, -0.25) is 0 Å². The lowest BCUT2D eigenvalue weighted by atomic mass is 10.3. The maximum absolute atomic E-state index is 5.97. The van der Waals surface area contributed by atoms with Gasteiger partial charge in [0.2, 0.25) is 0 Å². The van der Waals surface area contributed by atoms with E-state index in [1.807, 2.05) is 19.4 Å². The Hall–Kier alpha value is -1.30. The van der Waals surface area contributed by atoms with Crippen LogP contribution in [0.1, 0.15) is 31.3 Å². The van der Waals surface area contributed by atoms with Gasteiger partial charge in [-0.15, -0.1) is 0 Å². The van der Waals surface area contributed by atoms with E-state index >= 15 is 0 Å². The van der Waals surface area contributed by atoms with Crippen LogP contribution in [0.3, 0.4) is 0 Å². The van der Waals surface area contributed by atoms with Crippen molar-refractivity contribution in [3.05, 3.63) is 28.4 Å². The predicted molar refractivity (Wildman–Crippen MR) is 70.8 cm³/mol. The fourth-order valence-corrected chi connectivity index (χ4v) is 2.05. The van der Waals surface area contributed by atoms with E-state index in [1.165, 1.54) is 0 Å². The standard InChI is InChI=1S/C11H16BrN5/c1-7(2)16-6-14-4-9(16)5-17-11(13)10(12)8(3)15-17/h4,6-7H,5,13H2,1-3H3. The molecular weight excluding hydrogens is 282 g/mol. The van der Waals surface area contributed by atoms with Crippen LogP contribution in [0.15, 0.2) is 17.0 Å². The van der Waals surface area contributed by atoms with Crippen molar-refractivity contribution >= 4 is 21.7 Å². The number of rotatable bonds is 3. The van der Waals surface area contributed by atoms with Crippen molar-refractivity contribution in [2.24, 2.45) is 0 Å². The van der Waals surface area contributed by atoms with Gasteiger partial charge >= 0.3 is 0 Å². The lowest BCUT2D eigenvalue weighted by Gasteiger charge is -2.12. The Morgan fingerprint density at radius 2 is 2.18 bits per heavy atom. The molecule has 0 aliphatic heterocycles. The Balaban J connectivity index is 2.32. The molecule has 2 aromatic rings. The summed E-state index contributed by atoms with van der Waals surface area (Å²) in [7, 11) is 0. The molecule has 6 heteroatoms. The highest BCUT2D eigenvalue weighted by atomic mass is 79.9. The normalized spacial score (nSPS) is 11.4. The van der Waals surface area contributed by atoms with Crippen LogP contribution >= 0.6 is 15.9 Å². The first kappa shape index (κ1) is 12.2. The van der Waals surface area contributed by atoms with Crippen molar-refractivity contribution in [2.45, 2.75) is 33.4 Å². The molecule has 2 rings (SSSR count). The maximum Gasteiger partial charge on any atom is 0.136 e. The summed E-state index contributed by atoms with van der Waals surface area (Å²) in [5.74, 6) is 0.652. The lowest BCUT2D eigenvalue weighted by molar-refractivity contribution is 0.549. The average Bonchev–Trinajstić information content (AvgIpc) is 2.81. The summed E-state index contributed by atoms with van der Waals surface area (Å²) < 4.78 is 4.77. The molecule has 0 fully saturated rings. The van der Waals surface area contributed by atoms with E-state index in [0.717, 1.165) is 15.9 Å². The second-order valence-corrected chi connectivity index (χ2v) is 5.12. The van der Waals surface area contributed by atoms with Crippen LogP contribution in [0.4, 0.5) is 5.82 Å². The van der Waals surface area contributed by atoms with Crippen molar-refractivity contribution in [3.8, 4) is 0 Å². The third kappa shape index (κ3) is 2.22. The minimum absolute atomic E-state index is 0.383. The molecule has 0 amide bonds. The number of hydrogen-bond donors (Lipinski definition) is 1. The van der Waals surface area contributed by atoms with Crippen molar-refractivity contribution in [2.75, 3.05) is 5.73 Å². The highest BCUT2D eigenvalue weighted by Gasteiger charge is 2.12. The number of nitrogens with zero attached hydrogens (tertiary/aromatic N) is 4. The van der Waals surface area contributed by atoms with Crippen molar-refractivity contribution in [1.29, 1.82) is 0 Å². The zero-order valence-electron chi connectivity index (χ0n) is 10.2. The first-order chi connectivity index (χ1) is 8.00. The fraction of sp³-hybridized carbons (Fsp3) is 0.455. The van der Waals surface area contributed by atoms with Crippen LogP contribution in [0.2, 0.25) is 0 Å². The minimum atomic E-state index is 0.383. The Morgan fingerprint density at radius 3 is 2.71 bits per heavy atom. The number of imidazole rings is 1. The molecule has 0 bridgehead atoms. The van der Waals surface area contributed by atoms with Gasteiger partial charge in [0.15, 0.2) is 0 Å². The molecule has 0 radical (unpaired) electrons. The molecule has 0 atom stereocenters. The highest BCUT2D eigenvalue weighted by Crippen LogP contribution is 2.23. The van der Waals surface area contributed by atoms with Crippen LogP contribution in [-0.2, 0) is 6.54 Å². The topological polar surface area (TPSA) is 61.7 Å². The summed E-state index contributed by atoms with van der Waals surface area (Å²) in [6.45, 7) is 6.81. The van der Waals surface area contributed by atoms with Crippen LogP contribution in [0.25, 0.3) is 0 Å². The molecule has 0 saturated heterocycles. The van der Waals surface area contributed by atoms with Gasteiger partial charge in [0, 0.05) is 6.04 Å². The van der Waals surface area contributed by atoms with E-state index in [1.54, 1.807) is 4.68 Å². The van der Waals surface area contributed by atoms with E-state index in [9.17, 15) is 0 Å². The summed E-state index contributed by atoms with van der Waals surface area (Å²) in [6, 6.07) is 0.383. The van der Waals surface area contributed by atoms with Gasteiger partial charge in [0.05, 0.1) is 34.9 Å². The first-order valence-electron chi connectivity index (χ1n) is 5.49. The van der Waals surface area contributed by atoms with Gasteiger partial charge in [-0.1, -0.05) is 0 Å². The van der Waals surface area contributed by atoms with Gasteiger partial charge in [0.1, 0.15) is 5.82 Å². The number of hydrogen-bond acceptors (Lipinski definition) is 3. The molecule has 0 aliphatic carbocycles. The fourth-order valence-electron chi connectivity index (χ4n) is 1.77. The molecule has 17 heavy (non-hydrogen) atoms. The average molecular weight is 298 g/mol. The molecule has 0 spiro atoms. The molecular formula is C11H16BrN5. The van der Waals surface area contributed by atoms with Gasteiger partial charge in [-0.05, 0) is 36.7 Å². The summed E-state index contributed by atoms with van der Waals surface area (Å²) in [4.78, 5) is 4.17. The van der Waals surface area contributed by atoms with Crippen LogP contribution in [0, 0.1) is 6.92 Å². The van der Waals surface area contributed by atoms with Crippen molar-refractivity contribution < 1.29 is 0 Å². The number of aryl methyl sites for hydroxylation is 1. The number of nitrogens with two attached hydrogens (primary N) is 1. The third-order valence-corrected chi connectivity index (χ3v) is 3.69. The van der Waals surface area contributed by atoms with Crippen molar-refractivity contribution in [1.82, 2.24) is 19.3 Å². The molecule has 2 N–H and O–H groups in total. The Bertz CT molecular complexity index is 526. The second-order valence-electron chi connectivity index (χ2n) is 4.33. The van der Waals surface area contributed by atoms with E-state index in [-0.39, 0.29) is 0 Å². The van der Waals surface area contributed by atoms with E-state index in [4.69, 9.17) is 5.73 Å². The number of nitrogen functional groups attached to an aromatic ring is 1. The summed E-state index contributed by atoms with van der Waals surface area (Å²) >= 11 is 3.42. The number of halogens is 1. The Kier molecular flexibility index (Phi) is 3.24. The number of anilines is 1. The maximum atomic E-state index is 5.97. The quantitative estimate of drug-likeness (QED) is 0.946. The summed E-state index contributed by atoms with van der Waals surface area (Å²) in [6.07, 6.45) is 3.69. The highest BCUT2D eigenvalue weighted by molar-refractivity contribution is 9.10. The van der Waals surface area contributed by atoms with E-state index in [0.29, 0.717) is 18.4 Å². The minimum Gasteiger partial charge on any atom is -0.383 e. The molecule has 0 aromatic carbocycles. The van der Waals surface area contributed by atoms with Crippen LogP contribution < -0.4 is 5.73 Å². The third-order valence-electron chi connectivity index (χ3n) is 2.71. The Morgan fingerprint density at radius 1 is 1.47 bits per heavy atom. The molecule has 92 valence electrons. The lowest BCUT2D eigenvalue weighted by Crippen LogP contribution is -2.11. The second kappa shape index (κ2) is 4.52. The van der Waals surface area contributed by atoms with Gasteiger partial charge in [-0.25, -0.2) is 9.67 Å². The SMILES string of the molecule is Cc1nn(Cc2cncn2C(C)C)c(N)c1Br. The zero-order chi connectivity index (χ0) is 12.6. The molecule has 0 unspecified atom stereocenters. The van der Waals surface area contributed by atoms with E-state index < -0.39 is 0 Å². The van der Waals surface area contributed by atoms with Gasteiger partial charge in [0.25, 0.3) is 0 Å². The van der Waals surface area contributed by atoms with E-state index in [2.05, 4.69) is 44.4 Å².